The van der Waals surface area contributed by atoms with E-state index in [2.05, 4.69) is 15.9 Å². The van der Waals surface area contributed by atoms with Crippen LogP contribution in [0, 0.1) is 0 Å². The minimum absolute atomic E-state index is 0.294. The van der Waals surface area contributed by atoms with Crippen LogP contribution in [0.25, 0.3) is 0 Å². The van der Waals surface area contributed by atoms with E-state index in [0.717, 1.165) is 10.0 Å². The lowest BCUT2D eigenvalue weighted by molar-refractivity contribution is -0.0315. The molecule has 1 aliphatic rings. The summed E-state index contributed by atoms with van der Waals surface area (Å²) in [5, 5.41) is 10.8. The molecule has 122 valence electrons. The fraction of sp³-hybridized carbons (Fsp3) is 0.588. The van der Waals surface area contributed by atoms with E-state index in [4.69, 9.17) is 4.74 Å². The van der Waals surface area contributed by atoms with Crippen molar-refractivity contribution in [3.8, 4) is 0 Å². The molecule has 5 heteroatoms. The van der Waals surface area contributed by atoms with Crippen LogP contribution >= 0.6 is 15.9 Å². The molecular weight excluding hydrogens is 346 g/mol. The van der Waals surface area contributed by atoms with Gasteiger partial charge < -0.3 is 14.7 Å². The summed E-state index contributed by atoms with van der Waals surface area (Å²) < 4.78 is 6.39. The summed E-state index contributed by atoms with van der Waals surface area (Å²) in [6.07, 6.45) is 1.45. The van der Waals surface area contributed by atoms with Gasteiger partial charge >= 0.3 is 6.09 Å². The van der Waals surface area contributed by atoms with Gasteiger partial charge in [0, 0.05) is 24.0 Å². The third kappa shape index (κ3) is 4.99. The molecule has 1 amide bonds. The van der Waals surface area contributed by atoms with E-state index in [-0.39, 0.29) is 6.09 Å². The monoisotopic (exact) mass is 369 g/mol. The molecule has 0 atom stereocenters. The number of nitrogens with zero attached hydrogens (tertiary/aromatic N) is 1. The normalized spacial score (nSPS) is 18.1. The first-order valence-corrected chi connectivity index (χ1v) is 8.41. The van der Waals surface area contributed by atoms with Crippen LogP contribution in [0.15, 0.2) is 28.7 Å². The molecule has 2 rings (SSSR count). The number of rotatable bonds is 2. The molecule has 4 nitrogen and oxygen atoms in total. The van der Waals surface area contributed by atoms with Gasteiger partial charge in [-0.3, -0.25) is 0 Å². The van der Waals surface area contributed by atoms with Gasteiger partial charge in [-0.25, -0.2) is 4.79 Å². The first-order chi connectivity index (χ1) is 10.2. The quantitative estimate of drug-likeness (QED) is 0.863. The van der Waals surface area contributed by atoms with Gasteiger partial charge in [-0.15, -0.1) is 0 Å². The lowest BCUT2D eigenvalue weighted by Gasteiger charge is -2.38. The van der Waals surface area contributed by atoms with Gasteiger partial charge in [0.2, 0.25) is 0 Å². The number of benzene rings is 1. The Hall–Kier alpha value is -1.07. The fourth-order valence-electron chi connectivity index (χ4n) is 2.64. The second kappa shape index (κ2) is 6.59. The average molecular weight is 370 g/mol. The third-order valence-corrected chi connectivity index (χ3v) is 4.26. The maximum atomic E-state index is 12.0. The average Bonchev–Trinajstić information content (AvgIpc) is 2.36. The van der Waals surface area contributed by atoms with Crippen LogP contribution in [0.5, 0.6) is 0 Å². The Bertz CT molecular complexity index is 531. The van der Waals surface area contributed by atoms with Crippen molar-refractivity contribution in [2.24, 2.45) is 0 Å². The Morgan fingerprint density at radius 3 is 2.55 bits per heavy atom. The van der Waals surface area contributed by atoms with Gasteiger partial charge in [0.25, 0.3) is 0 Å². The van der Waals surface area contributed by atoms with Crippen LogP contribution in [-0.2, 0) is 11.2 Å². The SMILES string of the molecule is CC(C)(C)OC(=O)N1CCC(O)(Cc2cccc(Br)c2)CC1. The zero-order valence-electron chi connectivity index (χ0n) is 13.4. The summed E-state index contributed by atoms with van der Waals surface area (Å²) in [6.45, 7) is 6.63. The van der Waals surface area contributed by atoms with Crippen LogP contribution in [0.2, 0.25) is 0 Å². The molecule has 1 heterocycles. The summed E-state index contributed by atoms with van der Waals surface area (Å²) in [5.41, 5.74) is -0.136. The van der Waals surface area contributed by atoms with Gasteiger partial charge in [-0.2, -0.15) is 0 Å². The van der Waals surface area contributed by atoms with E-state index in [0.29, 0.717) is 32.4 Å². The molecule has 0 spiro atoms. The van der Waals surface area contributed by atoms with Crippen LogP contribution in [0.1, 0.15) is 39.2 Å². The highest BCUT2D eigenvalue weighted by Crippen LogP contribution is 2.28. The number of hydrogen-bond acceptors (Lipinski definition) is 3. The molecule has 0 saturated carbocycles. The molecule has 1 fully saturated rings. The van der Waals surface area contributed by atoms with E-state index in [1.807, 2.05) is 45.0 Å². The summed E-state index contributed by atoms with van der Waals surface area (Å²) in [6, 6.07) is 7.98. The topological polar surface area (TPSA) is 49.8 Å². The van der Waals surface area contributed by atoms with Crippen molar-refractivity contribution in [1.82, 2.24) is 4.90 Å². The van der Waals surface area contributed by atoms with Gasteiger partial charge in [-0.05, 0) is 51.3 Å². The van der Waals surface area contributed by atoms with E-state index in [1.165, 1.54) is 0 Å². The van der Waals surface area contributed by atoms with E-state index in [9.17, 15) is 9.90 Å². The Morgan fingerprint density at radius 2 is 2.00 bits per heavy atom. The zero-order valence-corrected chi connectivity index (χ0v) is 15.0. The van der Waals surface area contributed by atoms with E-state index >= 15 is 0 Å². The van der Waals surface area contributed by atoms with Gasteiger partial charge in [0.05, 0.1) is 5.60 Å². The number of piperidine rings is 1. The summed E-state index contributed by atoms with van der Waals surface area (Å²) >= 11 is 3.45. The lowest BCUT2D eigenvalue weighted by Crippen LogP contribution is -2.49. The number of aliphatic hydroxyl groups is 1. The van der Waals surface area contributed by atoms with Gasteiger partial charge in [-0.1, -0.05) is 28.1 Å². The van der Waals surface area contributed by atoms with Crippen molar-refractivity contribution >= 4 is 22.0 Å². The molecular formula is C17H24BrNO3. The number of amides is 1. The fourth-order valence-corrected chi connectivity index (χ4v) is 3.08. The molecule has 0 bridgehead atoms. The number of ether oxygens (including phenoxy) is 1. The number of carbonyl (C=O) groups is 1. The van der Waals surface area contributed by atoms with Crippen molar-refractivity contribution in [3.05, 3.63) is 34.3 Å². The molecule has 0 aliphatic carbocycles. The standard InChI is InChI=1S/C17H24BrNO3/c1-16(2,3)22-15(20)19-9-7-17(21,8-10-19)12-13-5-4-6-14(18)11-13/h4-6,11,21H,7-10,12H2,1-3H3. The minimum Gasteiger partial charge on any atom is -0.444 e. The summed E-state index contributed by atoms with van der Waals surface area (Å²) in [4.78, 5) is 13.7. The largest absolute Gasteiger partial charge is 0.444 e. The second-order valence-corrected chi connectivity index (χ2v) is 7.91. The molecule has 0 aromatic heterocycles. The van der Waals surface area contributed by atoms with Crippen molar-refractivity contribution in [2.75, 3.05) is 13.1 Å². The number of halogens is 1. The lowest BCUT2D eigenvalue weighted by atomic mass is 9.85. The molecule has 0 unspecified atom stereocenters. The van der Waals surface area contributed by atoms with Crippen LogP contribution in [0.4, 0.5) is 4.79 Å². The van der Waals surface area contributed by atoms with Crippen molar-refractivity contribution in [2.45, 2.75) is 51.2 Å². The Balaban J connectivity index is 1.91. The zero-order chi connectivity index (χ0) is 16.4. The first kappa shape index (κ1) is 17.3. The molecule has 1 aromatic rings. The van der Waals surface area contributed by atoms with E-state index in [1.54, 1.807) is 4.90 Å². The first-order valence-electron chi connectivity index (χ1n) is 7.62. The maximum Gasteiger partial charge on any atom is 0.410 e. The molecule has 1 aromatic carbocycles. The Kier molecular flexibility index (Phi) is 5.17. The smallest absolute Gasteiger partial charge is 0.410 e. The highest BCUT2D eigenvalue weighted by molar-refractivity contribution is 9.10. The number of likely N-dealkylation sites (tertiary alicyclic amines) is 1. The highest BCUT2D eigenvalue weighted by Gasteiger charge is 2.35. The molecule has 1 saturated heterocycles. The molecule has 22 heavy (non-hydrogen) atoms. The van der Waals surface area contributed by atoms with Gasteiger partial charge in [0.1, 0.15) is 5.60 Å². The number of carbonyl (C=O) groups excluding carboxylic acids is 1. The molecule has 1 aliphatic heterocycles. The predicted molar refractivity (Wildman–Crippen MR) is 89.8 cm³/mol. The van der Waals surface area contributed by atoms with Crippen LogP contribution in [0.3, 0.4) is 0 Å². The summed E-state index contributed by atoms with van der Waals surface area (Å²) in [7, 11) is 0. The maximum absolute atomic E-state index is 12.0. The van der Waals surface area contributed by atoms with Crippen molar-refractivity contribution in [1.29, 1.82) is 0 Å². The second-order valence-electron chi connectivity index (χ2n) is 7.00. The van der Waals surface area contributed by atoms with Crippen molar-refractivity contribution in [3.63, 3.8) is 0 Å². The molecule has 0 radical (unpaired) electrons. The minimum atomic E-state index is -0.751. The Morgan fingerprint density at radius 1 is 1.36 bits per heavy atom. The predicted octanol–water partition coefficient (Wildman–Crippen LogP) is 3.75. The van der Waals surface area contributed by atoms with Crippen LogP contribution in [-0.4, -0.2) is 40.4 Å². The Labute approximate surface area is 140 Å². The molecule has 1 N–H and O–H groups in total. The van der Waals surface area contributed by atoms with E-state index < -0.39 is 11.2 Å². The third-order valence-electron chi connectivity index (χ3n) is 3.77. The highest BCUT2D eigenvalue weighted by atomic mass is 79.9. The summed E-state index contributed by atoms with van der Waals surface area (Å²) in [5.74, 6) is 0. The van der Waals surface area contributed by atoms with Crippen LogP contribution < -0.4 is 0 Å². The number of hydrogen-bond donors (Lipinski definition) is 1. The van der Waals surface area contributed by atoms with Crippen molar-refractivity contribution < 1.29 is 14.6 Å². The van der Waals surface area contributed by atoms with Gasteiger partial charge in [0.15, 0.2) is 0 Å².